The maximum Gasteiger partial charge on any atom is 0.400 e. The second-order valence-electron chi connectivity index (χ2n) is 7.76. The first kappa shape index (κ1) is 34.6. The van der Waals surface area contributed by atoms with Crippen molar-refractivity contribution in [2.45, 2.75) is 42.1 Å². The minimum absolute atomic E-state index is 0.121. The zero-order valence-corrected chi connectivity index (χ0v) is 24.6. The third-order valence-electron chi connectivity index (χ3n) is 4.47. The van der Waals surface area contributed by atoms with Crippen molar-refractivity contribution >= 4 is 39.5 Å². The van der Waals surface area contributed by atoms with Crippen molar-refractivity contribution in [3.05, 3.63) is 60.7 Å². The minimum Gasteiger partial charge on any atom is -0.411 e. The van der Waals surface area contributed by atoms with Crippen LogP contribution in [-0.2, 0) is 0 Å². The summed E-state index contributed by atoms with van der Waals surface area (Å²) in [4.78, 5) is 0. The lowest BCUT2D eigenvalue weighted by atomic mass is 10.2. The number of hydrogen-bond acceptors (Lipinski definition) is 9. The number of thioether (sulfide) groups is 2. The molecule has 0 aliphatic rings. The molecule has 0 atom stereocenters. The Labute approximate surface area is 249 Å². The predicted molar refractivity (Wildman–Crippen MR) is 150 cm³/mol. The molecule has 2 heterocycles. The van der Waals surface area contributed by atoms with E-state index in [1.807, 2.05) is 60.7 Å². The Morgan fingerprint density at radius 3 is 1.49 bits per heavy atom. The SMILES string of the molecule is BrCCSc1nnc(-c2ccccc2)o1.FC(F)(F)CCCCSc1nnc(-c2ccccc2)o1.NCC(F)(F)F. The average Bonchev–Trinajstić information content (AvgIpc) is 3.63. The predicted octanol–water partition coefficient (Wildman–Crippen LogP) is 8.29. The number of aromatic nitrogens is 4. The van der Waals surface area contributed by atoms with E-state index in [0.29, 0.717) is 34.4 Å². The molecule has 0 saturated carbocycles. The monoisotopic (exact) mass is 685 g/mol. The van der Waals surface area contributed by atoms with Gasteiger partial charge in [0.15, 0.2) is 0 Å². The van der Waals surface area contributed by atoms with Crippen molar-refractivity contribution in [1.82, 2.24) is 20.4 Å². The molecule has 0 unspecified atom stereocenters. The molecule has 4 rings (SSSR count). The third kappa shape index (κ3) is 15.3. The number of nitrogens with zero attached hydrogens (tertiary/aromatic N) is 4. The van der Waals surface area contributed by atoms with Crippen LogP contribution in [0.4, 0.5) is 26.3 Å². The van der Waals surface area contributed by atoms with Gasteiger partial charge in [-0.2, -0.15) is 26.3 Å². The van der Waals surface area contributed by atoms with E-state index in [2.05, 4.69) is 42.1 Å². The summed E-state index contributed by atoms with van der Waals surface area (Å²) in [6.07, 6.45) is -8.41. The van der Waals surface area contributed by atoms with Gasteiger partial charge >= 0.3 is 12.4 Å². The molecule has 2 N–H and O–H groups in total. The highest BCUT2D eigenvalue weighted by Gasteiger charge is 2.26. The Morgan fingerprint density at radius 2 is 1.10 bits per heavy atom. The topological polar surface area (TPSA) is 104 Å². The molecule has 41 heavy (non-hydrogen) atoms. The van der Waals surface area contributed by atoms with Crippen LogP contribution in [0.25, 0.3) is 22.9 Å². The first-order chi connectivity index (χ1) is 19.5. The molecule has 0 aliphatic carbocycles. The van der Waals surface area contributed by atoms with Crippen LogP contribution < -0.4 is 5.73 Å². The molecule has 0 aliphatic heterocycles. The van der Waals surface area contributed by atoms with Gasteiger partial charge in [0.2, 0.25) is 11.8 Å². The lowest BCUT2D eigenvalue weighted by Gasteiger charge is -2.04. The fraction of sp³-hybridized carbons (Fsp3) is 0.360. The third-order valence-corrected chi connectivity index (χ3v) is 7.11. The summed E-state index contributed by atoms with van der Waals surface area (Å²) in [6.45, 7) is -1.23. The number of unbranched alkanes of at least 4 members (excludes halogenated alkanes) is 1. The molecule has 16 heteroatoms. The number of benzene rings is 2. The molecule has 0 fully saturated rings. The lowest BCUT2D eigenvalue weighted by Crippen LogP contribution is -2.21. The van der Waals surface area contributed by atoms with Gasteiger partial charge in [-0.1, -0.05) is 75.9 Å². The zero-order chi connectivity index (χ0) is 30.1. The molecule has 0 radical (unpaired) electrons. The second kappa shape index (κ2) is 18.1. The molecule has 0 bridgehead atoms. The highest BCUT2D eigenvalue weighted by Crippen LogP contribution is 2.26. The first-order valence-electron chi connectivity index (χ1n) is 11.9. The van der Waals surface area contributed by atoms with Crippen molar-refractivity contribution in [1.29, 1.82) is 0 Å². The highest BCUT2D eigenvalue weighted by atomic mass is 79.9. The van der Waals surface area contributed by atoms with Crippen LogP contribution >= 0.6 is 39.5 Å². The van der Waals surface area contributed by atoms with Crippen molar-refractivity contribution in [3.63, 3.8) is 0 Å². The quantitative estimate of drug-likeness (QED) is 0.0764. The van der Waals surface area contributed by atoms with Gasteiger partial charge in [-0.3, -0.25) is 0 Å². The Kier molecular flexibility index (Phi) is 15.3. The van der Waals surface area contributed by atoms with E-state index in [0.717, 1.165) is 22.2 Å². The van der Waals surface area contributed by atoms with Crippen LogP contribution in [0.2, 0.25) is 0 Å². The molecule has 224 valence electrons. The summed E-state index contributed by atoms with van der Waals surface area (Å²) in [5, 5.41) is 17.6. The molecular weight excluding hydrogens is 660 g/mol. The van der Waals surface area contributed by atoms with Crippen molar-refractivity contribution < 1.29 is 35.2 Å². The molecule has 2 aromatic carbocycles. The van der Waals surface area contributed by atoms with Gasteiger partial charge in [0.1, 0.15) is 0 Å². The summed E-state index contributed by atoms with van der Waals surface area (Å²) >= 11 is 6.18. The maximum atomic E-state index is 11.9. The van der Waals surface area contributed by atoms with Gasteiger partial charge in [0, 0.05) is 34.4 Å². The van der Waals surface area contributed by atoms with E-state index in [4.69, 9.17) is 8.83 Å². The fourth-order valence-corrected chi connectivity index (χ4v) is 4.38. The van der Waals surface area contributed by atoms with E-state index in [9.17, 15) is 26.3 Å². The van der Waals surface area contributed by atoms with Crippen LogP contribution in [0.5, 0.6) is 0 Å². The van der Waals surface area contributed by atoms with Crippen LogP contribution in [-0.4, -0.2) is 56.1 Å². The minimum atomic E-state index is -4.18. The van der Waals surface area contributed by atoms with Crippen LogP contribution in [0, 0.1) is 0 Å². The molecule has 0 saturated heterocycles. The van der Waals surface area contributed by atoms with Crippen LogP contribution in [0.3, 0.4) is 0 Å². The molecule has 7 nitrogen and oxygen atoms in total. The van der Waals surface area contributed by atoms with E-state index in [-0.39, 0.29) is 6.42 Å². The van der Waals surface area contributed by atoms with Gasteiger partial charge < -0.3 is 14.6 Å². The van der Waals surface area contributed by atoms with Gasteiger partial charge in [-0.15, -0.1) is 20.4 Å². The van der Waals surface area contributed by atoms with E-state index in [1.165, 1.54) is 11.8 Å². The zero-order valence-electron chi connectivity index (χ0n) is 21.4. The van der Waals surface area contributed by atoms with Gasteiger partial charge in [-0.25, -0.2) is 0 Å². The van der Waals surface area contributed by atoms with E-state index in [1.54, 1.807) is 11.8 Å². The standard InChI is InChI=1S/C13H13F3N2OS.C10H9BrN2OS.C2H4F3N/c14-13(15,16)8-4-5-9-20-12-18-17-11(19-12)10-6-2-1-3-7-10;11-6-7-15-10-13-12-9(14-10)8-4-2-1-3-5-8;3-2(4,5)1-6/h1-3,6-7H,4-5,8-9H2;1-5H,6-7H2;1,6H2. The highest BCUT2D eigenvalue weighted by molar-refractivity contribution is 9.09. The molecule has 0 amide bonds. The Bertz CT molecular complexity index is 1240. The van der Waals surface area contributed by atoms with E-state index >= 15 is 0 Å². The normalized spacial score (nSPS) is 11.3. The van der Waals surface area contributed by atoms with Gasteiger partial charge in [0.05, 0.1) is 6.54 Å². The molecule has 4 aromatic rings. The van der Waals surface area contributed by atoms with Crippen LogP contribution in [0.1, 0.15) is 19.3 Å². The fourth-order valence-electron chi connectivity index (χ4n) is 2.64. The average molecular weight is 687 g/mol. The van der Waals surface area contributed by atoms with Gasteiger partial charge in [0.25, 0.3) is 10.4 Å². The summed E-state index contributed by atoms with van der Waals surface area (Å²) in [6, 6.07) is 19.1. The summed E-state index contributed by atoms with van der Waals surface area (Å²) in [5.41, 5.74) is 5.96. The molecular formula is C25H26BrF6N5O2S2. The van der Waals surface area contributed by atoms with Crippen LogP contribution in [0.15, 0.2) is 79.9 Å². The molecule has 2 aromatic heterocycles. The molecule has 0 spiro atoms. The second-order valence-corrected chi connectivity index (χ2v) is 10.6. The Balaban J connectivity index is 0.000000246. The maximum absolute atomic E-state index is 11.9. The first-order valence-corrected chi connectivity index (χ1v) is 15.0. The van der Waals surface area contributed by atoms with E-state index < -0.39 is 25.3 Å². The smallest absolute Gasteiger partial charge is 0.400 e. The number of rotatable bonds is 10. The van der Waals surface area contributed by atoms with Gasteiger partial charge in [-0.05, 0) is 37.1 Å². The number of nitrogens with two attached hydrogens (primary N) is 1. The van der Waals surface area contributed by atoms with Crippen molar-refractivity contribution in [2.75, 3.05) is 23.4 Å². The summed E-state index contributed by atoms with van der Waals surface area (Å²) in [7, 11) is 0. The lowest BCUT2D eigenvalue weighted by molar-refractivity contribution is -0.135. The number of hydrogen-bond donors (Lipinski definition) is 1. The Hall–Kier alpha value is -2.56. The Morgan fingerprint density at radius 1 is 0.659 bits per heavy atom. The largest absolute Gasteiger partial charge is 0.411 e. The van der Waals surface area contributed by atoms with Crippen molar-refractivity contribution in [3.8, 4) is 22.9 Å². The number of halogens is 7. The summed E-state index contributed by atoms with van der Waals surface area (Å²) < 4.78 is 78.8. The summed E-state index contributed by atoms with van der Waals surface area (Å²) in [5.74, 6) is 2.46. The number of alkyl halides is 7. The van der Waals surface area contributed by atoms with Crippen molar-refractivity contribution in [2.24, 2.45) is 5.73 Å².